The molecule has 2 heterocycles. The van der Waals surface area contributed by atoms with Crippen LogP contribution in [0.1, 0.15) is 57.8 Å². The minimum absolute atomic E-state index is 0.902. The first-order chi connectivity index (χ1) is 8.92. The summed E-state index contributed by atoms with van der Waals surface area (Å²) in [6, 6.07) is 0.902. The molecule has 1 saturated carbocycles. The zero-order valence-corrected chi connectivity index (χ0v) is 11.9. The highest BCUT2D eigenvalue weighted by Gasteiger charge is 2.28. The van der Waals surface area contributed by atoms with Crippen LogP contribution in [-0.2, 0) is 0 Å². The molecule has 2 heteroatoms. The Balaban J connectivity index is 1.35. The molecule has 1 unspecified atom stereocenters. The van der Waals surface area contributed by atoms with Crippen LogP contribution < -0.4 is 0 Å². The largest absolute Gasteiger partial charge is 0.301 e. The molecule has 0 aromatic heterocycles. The summed E-state index contributed by atoms with van der Waals surface area (Å²) >= 11 is 0. The van der Waals surface area contributed by atoms with E-state index >= 15 is 0 Å². The van der Waals surface area contributed by atoms with E-state index in [-0.39, 0.29) is 0 Å². The molecule has 2 nitrogen and oxygen atoms in total. The minimum Gasteiger partial charge on any atom is -0.301 e. The molecule has 3 aliphatic rings. The average molecular weight is 250 g/mol. The highest BCUT2D eigenvalue weighted by Crippen LogP contribution is 2.29. The van der Waals surface area contributed by atoms with Crippen molar-refractivity contribution < 1.29 is 0 Å². The monoisotopic (exact) mass is 250 g/mol. The van der Waals surface area contributed by atoms with E-state index in [1.165, 1.54) is 90.5 Å². The molecule has 2 saturated heterocycles. The van der Waals surface area contributed by atoms with Crippen molar-refractivity contribution in [3.05, 3.63) is 0 Å². The lowest BCUT2D eigenvalue weighted by atomic mass is 9.98. The molecule has 0 radical (unpaired) electrons. The molecule has 1 aliphatic carbocycles. The summed E-state index contributed by atoms with van der Waals surface area (Å²) in [7, 11) is 0. The number of piperidine rings is 1. The van der Waals surface area contributed by atoms with Crippen LogP contribution in [0.2, 0.25) is 0 Å². The van der Waals surface area contributed by atoms with Crippen LogP contribution in [0.3, 0.4) is 0 Å². The molecule has 3 fully saturated rings. The number of fused-ring (bicyclic) bond motifs is 1. The van der Waals surface area contributed by atoms with Gasteiger partial charge >= 0.3 is 0 Å². The van der Waals surface area contributed by atoms with Gasteiger partial charge in [0.1, 0.15) is 0 Å². The third-order valence-electron chi connectivity index (χ3n) is 5.48. The van der Waals surface area contributed by atoms with Crippen LogP contribution >= 0.6 is 0 Å². The van der Waals surface area contributed by atoms with Crippen LogP contribution in [-0.4, -0.2) is 48.6 Å². The molecule has 1 atom stereocenters. The molecule has 0 spiro atoms. The number of hydrogen-bond donors (Lipinski definition) is 0. The lowest BCUT2D eigenvalue weighted by Crippen LogP contribution is -2.54. The Morgan fingerprint density at radius 1 is 0.833 bits per heavy atom. The molecule has 0 N–H and O–H groups in total. The van der Waals surface area contributed by atoms with Crippen LogP contribution in [0.15, 0.2) is 0 Å². The third-order valence-corrected chi connectivity index (χ3v) is 5.48. The molecule has 2 aliphatic heterocycles. The second kappa shape index (κ2) is 6.38. The van der Waals surface area contributed by atoms with Crippen molar-refractivity contribution >= 4 is 0 Å². The topological polar surface area (TPSA) is 6.48 Å². The minimum atomic E-state index is 0.902. The van der Waals surface area contributed by atoms with Gasteiger partial charge in [-0.15, -0.1) is 0 Å². The number of hydrogen-bond acceptors (Lipinski definition) is 2. The average Bonchev–Trinajstić information content (AvgIpc) is 2.92. The van der Waals surface area contributed by atoms with Crippen molar-refractivity contribution in [1.82, 2.24) is 9.80 Å². The van der Waals surface area contributed by atoms with Gasteiger partial charge in [0.25, 0.3) is 0 Å². The van der Waals surface area contributed by atoms with Crippen molar-refractivity contribution in [2.45, 2.75) is 63.8 Å². The first-order valence-corrected chi connectivity index (χ1v) is 8.38. The van der Waals surface area contributed by atoms with Gasteiger partial charge in [-0.3, -0.25) is 4.90 Å². The summed E-state index contributed by atoms with van der Waals surface area (Å²) in [5, 5.41) is 0. The van der Waals surface area contributed by atoms with E-state index in [0.717, 1.165) is 12.0 Å². The van der Waals surface area contributed by atoms with E-state index in [2.05, 4.69) is 9.80 Å². The molecule has 18 heavy (non-hydrogen) atoms. The highest BCUT2D eigenvalue weighted by molar-refractivity contribution is 4.85. The van der Waals surface area contributed by atoms with Crippen LogP contribution in [0.25, 0.3) is 0 Å². The zero-order chi connectivity index (χ0) is 12.2. The maximum Gasteiger partial charge on any atom is 0.0223 e. The van der Waals surface area contributed by atoms with E-state index in [1.807, 2.05) is 0 Å². The highest BCUT2D eigenvalue weighted by atomic mass is 15.3. The molecular formula is C16H30N2. The number of nitrogens with zero attached hydrogens (tertiary/aromatic N) is 2. The SMILES string of the molecule is C1CCC(CCCN2CCN3CCCCC3C2)C1. The predicted octanol–water partition coefficient (Wildman–Crippen LogP) is 3.13. The standard InChI is InChI=1S/C16H30N2/c1-2-7-15(6-1)8-5-10-17-12-13-18-11-4-3-9-16(18)14-17/h15-16H,1-14H2. The summed E-state index contributed by atoms with van der Waals surface area (Å²) < 4.78 is 0. The van der Waals surface area contributed by atoms with Gasteiger partial charge in [0.2, 0.25) is 0 Å². The Labute approximate surface area is 113 Å². The second-order valence-electron chi connectivity index (χ2n) is 6.78. The van der Waals surface area contributed by atoms with Crippen LogP contribution in [0.5, 0.6) is 0 Å². The molecule has 0 aromatic rings. The van der Waals surface area contributed by atoms with Crippen molar-refractivity contribution in [1.29, 1.82) is 0 Å². The summed E-state index contributed by atoms with van der Waals surface area (Å²) in [5.74, 6) is 1.08. The van der Waals surface area contributed by atoms with Crippen molar-refractivity contribution in [3.8, 4) is 0 Å². The van der Waals surface area contributed by atoms with Gasteiger partial charge in [-0.2, -0.15) is 0 Å². The van der Waals surface area contributed by atoms with Gasteiger partial charge in [0, 0.05) is 25.7 Å². The van der Waals surface area contributed by atoms with E-state index < -0.39 is 0 Å². The van der Waals surface area contributed by atoms with E-state index in [1.54, 1.807) is 0 Å². The Morgan fingerprint density at radius 2 is 1.67 bits per heavy atom. The van der Waals surface area contributed by atoms with Gasteiger partial charge in [0.15, 0.2) is 0 Å². The molecule has 0 aromatic carbocycles. The zero-order valence-electron chi connectivity index (χ0n) is 11.9. The quantitative estimate of drug-likeness (QED) is 0.756. The smallest absolute Gasteiger partial charge is 0.0223 e. The van der Waals surface area contributed by atoms with Gasteiger partial charge in [-0.25, -0.2) is 0 Å². The van der Waals surface area contributed by atoms with Crippen molar-refractivity contribution in [2.75, 3.05) is 32.7 Å². The normalized spacial score (nSPS) is 31.7. The van der Waals surface area contributed by atoms with Crippen LogP contribution in [0.4, 0.5) is 0 Å². The fourth-order valence-electron chi connectivity index (χ4n) is 4.33. The molecule has 3 rings (SSSR count). The summed E-state index contributed by atoms with van der Waals surface area (Å²) in [6.45, 7) is 6.79. The summed E-state index contributed by atoms with van der Waals surface area (Å²) in [4.78, 5) is 5.50. The van der Waals surface area contributed by atoms with E-state index in [0.29, 0.717) is 0 Å². The Morgan fingerprint density at radius 3 is 2.56 bits per heavy atom. The Hall–Kier alpha value is -0.0800. The fraction of sp³-hybridized carbons (Fsp3) is 1.00. The third kappa shape index (κ3) is 3.27. The second-order valence-corrected chi connectivity index (χ2v) is 6.78. The Bertz CT molecular complexity index is 247. The number of rotatable bonds is 4. The first kappa shape index (κ1) is 12.9. The van der Waals surface area contributed by atoms with Crippen molar-refractivity contribution in [3.63, 3.8) is 0 Å². The molecule has 0 bridgehead atoms. The Kier molecular flexibility index (Phi) is 4.58. The van der Waals surface area contributed by atoms with Gasteiger partial charge in [0.05, 0.1) is 0 Å². The lowest BCUT2D eigenvalue weighted by Gasteiger charge is -2.44. The van der Waals surface area contributed by atoms with Gasteiger partial charge in [-0.05, 0) is 44.7 Å². The van der Waals surface area contributed by atoms with Gasteiger partial charge in [-0.1, -0.05) is 32.1 Å². The molecular weight excluding hydrogens is 220 g/mol. The van der Waals surface area contributed by atoms with Crippen LogP contribution in [0, 0.1) is 5.92 Å². The fourth-order valence-corrected chi connectivity index (χ4v) is 4.33. The number of piperazine rings is 1. The first-order valence-electron chi connectivity index (χ1n) is 8.38. The van der Waals surface area contributed by atoms with Gasteiger partial charge < -0.3 is 4.90 Å². The lowest BCUT2D eigenvalue weighted by molar-refractivity contribution is 0.0481. The summed E-state index contributed by atoms with van der Waals surface area (Å²) in [5.41, 5.74) is 0. The van der Waals surface area contributed by atoms with Crippen molar-refractivity contribution in [2.24, 2.45) is 5.92 Å². The molecule has 104 valence electrons. The summed E-state index contributed by atoms with van der Waals surface area (Å²) in [6.07, 6.45) is 13.4. The predicted molar refractivity (Wildman–Crippen MR) is 76.8 cm³/mol. The maximum atomic E-state index is 2.75. The van der Waals surface area contributed by atoms with E-state index in [9.17, 15) is 0 Å². The molecule has 0 amide bonds. The van der Waals surface area contributed by atoms with E-state index in [4.69, 9.17) is 0 Å². The maximum absolute atomic E-state index is 2.75.